The van der Waals surface area contributed by atoms with E-state index in [1.165, 1.54) is 13.8 Å². The Labute approximate surface area is 144 Å². The second-order valence-corrected chi connectivity index (χ2v) is 7.39. The maximum Gasteiger partial charge on any atom is 0.330 e. The van der Waals surface area contributed by atoms with Gasteiger partial charge in [0.1, 0.15) is 6.10 Å². The van der Waals surface area contributed by atoms with Crippen LogP contribution >= 0.6 is 0 Å². The predicted molar refractivity (Wildman–Crippen MR) is 92.1 cm³/mol. The van der Waals surface area contributed by atoms with Crippen molar-refractivity contribution in [1.82, 2.24) is 0 Å². The molecule has 4 atom stereocenters. The lowest BCUT2D eigenvalue weighted by Crippen LogP contribution is -2.75. The molecule has 1 aliphatic heterocycles. The number of halogens is 1. The summed E-state index contributed by atoms with van der Waals surface area (Å²) in [7, 11) is 0. The molecule has 1 fully saturated rings. The van der Waals surface area contributed by atoms with Crippen LogP contribution in [-0.4, -0.2) is 34.2 Å². The molecular formula is C19H31FO4. The van der Waals surface area contributed by atoms with Crippen molar-refractivity contribution in [2.24, 2.45) is 5.41 Å². The van der Waals surface area contributed by atoms with Crippen molar-refractivity contribution in [1.29, 1.82) is 0 Å². The maximum atomic E-state index is 15.9. The molecule has 1 rings (SSSR count). The molecule has 0 aliphatic carbocycles. The summed E-state index contributed by atoms with van der Waals surface area (Å²) in [4.78, 5) is 11.9. The molecule has 24 heavy (non-hydrogen) atoms. The molecule has 1 saturated heterocycles. The smallest absolute Gasteiger partial charge is 0.330 e. The minimum Gasteiger partial charge on any atom is -0.455 e. The third-order valence-corrected chi connectivity index (χ3v) is 5.56. The van der Waals surface area contributed by atoms with Gasteiger partial charge in [-0.1, -0.05) is 33.4 Å². The number of esters is 1. The van der Waals surface area contributed by atoms with E-state index in [9.17, 15) is 9.90 Å². The van der Waals surface area contributed by atoms with Gasteiger partial charge in [-0.05, 0) is 46.1 Å². The van der Waals surface area contributed by atoms with Crippen molar-refractivity contribution in [3.63, 3.8) is 0 Å². The quantitative estimate of drug-likeness (QED) is 0.449. The van der Waals surface area contributed by atoms with E-state index >= 15 is 4.39 Å². The molecule has 0 amide bonds. The molecule has 4 unspecified atom stereocenters. The minimum absolute atomic E-state index is 0.126. The standard InChI is InChI=1S/C19H31FO4/c1-9-12-18(11-3)15(23-14(21)10-2)17(8,20)19(22,13(4)5)24-16(18,6)7/h10,15,22H,2,4,9,11-12H2,1,3,5-8H3. The minimum atomic E-state index is -2.36. The van der Waals surface area contributed by atoms with Gasteiger partial charge in [0.2, 0.25) is 11.5 Å². The summed E-state index contributed by atoms with van der Waals surface area (Å²) in [5.41, 5.74) is -3.98. The normalized spacial score (nSPS) is 38.4. The third kappa shape index (κ3) is 2.82. The van der Waals surface area contributed by atoms with Crippen LogP contribution in [-0.2, 0) is 14.3 Å². The van der Waals surface area contributed by atoms with E-state index in [0.29, 0.717) is 12.8 Å². The monoisotopic (exact) mass is 342 g/mol. The van der Waals surface area contributed by atoms with Gasteiger partial charge < -0.3 is 14.6 Å². The van der Waals surface area contributed by atoms with Gasteiger partial charge in [0.05, 0.1) is 5.60 Å². The summed E-state index contributed by atoms with van der Waals surface area (Å²) < 4.78 is 27.3. The Morgan fingerprint density at radius 1 is 1.38 bits per heavy atom. The lowest BCUT2D eigenvalue weighted by molar-refractivity contribution is -0.387. The van der Waals surface area contributed by atoms with Crippen LogP contribution in [0.4, 0.5) is 4.39 Å². The zero-order chi connectivity index (χ0) is 19.0. The molecule has 1 heterocycles. The van der Waals surface area contributed by atoms with Gasteiger partial charge in [-0.15, -0.1) is 0 Å². The fourth-order valence-electron chi connectivity index (χ4n) is 4.14. The zero-order valence-corrected chi connectivity index (χ0v) is 15.7. The van der Waals surface area contributed by atoms with Crippen LogP contribution in [0.2, 0.25) is 0 Å². The van der Waals surface area contributed by atoms with E-state index in [-0.39, 0.29) is 5.57 Å². The zero-order valence-electron chi connectivity index (χ0n) is 15.7. The Kier molecular flexibility index (Phi) is 5.73. The van der Waals surface area contributed by atoms with Crippen molar-refractivity contribution >= 4 is 5.97 Å². The molecule has 1 aliphatic rings. The summed E-state index contributed by atoms with van der Waals surface area (Å²) in [5, 5.41) is 11.0. The van der Waals surface area contributed by atoms with E-state index < -0.39 is 34.5 Å². The maximum absolute atomic E-state index is 15.9. The van der Waals surface area contributed by atoms with Crippen LogP contribution in [0.15, 0.2) is 24.8 Å². The number of alkyl halides is 1. The summed E-state index contributed by atoms with van der Waals surface area (Å²) in [6, 6.07) is 0. The number of ether oxygens (including phenoxy) is 2. The first-order chi connectivity index (χ1) is 10.9. The molecule has 0 aromatic carbocycles. The Balaban J connectivity index is 3.66. The van der Waals surface area contributed by atoms with Gasteiger partial charge in [-0.2, -0.15) is 0 Å². The van der Waals surface area contributed by atoms with Crippen molar-refractivity contribution in [2.75, 3.05) is 0 Å². The summed E-state index contributed by atoms with van der Waals surface area (Å²) in [6.45, 7) is 17.3. The van der Waals surface area contributed by atoms with E-state index in [1.807, 2.05) is 13.8 Å². The lowest BCUT2D eigenvalue weighted by Gasteiger charge is -2.62. The van der Waals surface area contributed by atoms with Crippen LogP contribution in [0.5, 0.6) is 0 Å². The van der Waals surface area contributed by atoms with Crippen molar-refractivity contribution < 1.29 is 23.8 Å². The van der Waals surface area contributed by atoms with Crippen molar-refractivity contribution in [2.45, 2.75) is 84.0 Å². The molecule has 0 saturated carbocycles. The van der Waals surface area contributed by atoms with Gasteiger partial charge in [0.15, 0.2) is 0 Å². The molecule has 138 valence electrons. The molecule has 0 aromatic heterocycles. The van der Waals surface area contributed by atoms with Gasteiger partial charge in [-0.25, -0.2) is 9.18 Å². The average molecular weight is 342 g/mol. The highest BCUT2D eigenvalue weighted by atomic mass is 19.1. The number of rotatable bonds is 6. The highest BCUT2D eigenvalue weighted by Crippen LogP contribution is 2.59. The Bertz CT molecular complexity index is 525. The van der Waals surface area contributed by atoms with Crippen LogP contribution in [0.3, 0.4) is 0 Å². The van der Waals surface area contributed by atoms with Crippen molar-refractivity contribution in [3.05, 3.63) is 24.8 Å². The first-order valence-electron chi connectivity index (χ1n) is 8.46. The third-order valence-electron chi connectivity index (χ3n) is 5.56. The molecule has 0 bridgehead atoms. The first-order valence-corrected chi connectivity index (χ1v) is 8.46. The van der Waals surface area contributed by atoms with Gasteiger partial charge >= 0.3 is 5.97 Å². The number of carbonyl (C=O) groups is 1. The number of carbonyl (C=O) groups excluding carboxylic acids is 1. The fraction of sp³-hybridized carbons (Fsp3) is 0.737. The highest BCUT2D eigenvalue weighted by Gasteiger charge is 2.72. The topological polar surface area (TPSA) is 55.8 Å². The van der Waals surface area contributed by atoms with E-state index in [4.69, 9.17) is 9.47 Å². The molecule has 5 heteroatoms. The van der Waals surface area contributed by atoms with Crippen LogP contribution in [0, 0.1) is 5.41 Å². The fourth-order valence-corrected chi connectivity index (χ4v) is 4.14. The Hall–Kier alpha value is -1.20. The summed E-state index contributed by atoms with van der Waals surface area (Å²) in [6.07, 6.45) is 1.66. The van der Waals surface area contributed by atoms with Gasteiger partial charge in [0.25, 0.3) is 0 Å². The van der Waals surface area contributed by atoms with Gasteiger partial charge in [0, 0.05) is 11.5 Å². The lowest BCUT2D eigenvalue weighted by atomic mass is 9.57. The largest absolute Gasteiger partial charge is 0.455 e. The molecule has 1 N–H and O–H groups in total. The predicted octanol–water partition coefficient (Wildman–Crippen LogP) is 4.08. The van der Waals surface area contributed by atoms with E-state index in [1.54, 1.807) is 13.8 Å². The van der Waals surface area contributed by atoms with E-state index in [0.717, 1.165) is 12.5 Å². The summed E-state index contributed by atoms with van der Waals surface area (Å²) in [5.74, 6) is -2.98. The first kappa shape index (κ1) is 20.8. The highest BCUT2D eigenvalue weighted by molar-refractivity contribution is 5.81. The number of aliphatic hydroxyl groups is 1. The van der Waals surface area contributed by atoms with Crippen molar-refractivity contribution in [3.8, 4) is 0 Å². The number of hydrogen-bond acceptors (Lipinski definition) is 4. The molecular weight excluding hydrogens is 311 g/mol. The molecule has 0 radical (unpaired) electrons. The average Bonchev–Trinajstić information content (AvgIpc) is 2.47. The van der Waals surface area contributed by atoms with Crippen LogP contribution in [0.1, 0.15) is 60.8 Å². The Morgan fingerprint density at radius 2 is 1.92 bits per heavy atom. The van der Waals surface area contributed by atoms with Crippen LogP contribution < -0.4 is 0 Å². The van der Waals surface area contributed by atoms with E-state index in [2.05, 4.69) is 13.2 Å². The van der Waals surface area contributed by atoms with Gasteiger partial charge in [-0.3, -0.25) is 0 Å². The molecule has 4 nitrogen and oxygen atoms in total. The number of hydrogen-bond donors (Lipinski definition) is 1. The SMILES string of the molecule is C=CC(=O)OC1C(C)(F)C(O)(C(=C)C)OC(C)(C)C1(CC)CCC. The second kappa shape index (κ2) is 6.60. The Morgan fingerprint density at radius 3 is 2.29 bits per heavy atom. The molecule has 0 aromatic rings. The van der Waals surface area contributed by atoms with Crippen LogP contribution in [0.25, 0.3) is 0 Å². The summed E-state index contributed by atoms with van der Waals surface area (Å²) >= 11 is 0. The molecule has 0 spiro atoms. The second-order valence-electron chi connectivity index (χ2n) is 7.39.